The van der Waals surface area contributed by atoms with Gasteiger partial charge in [0.05, 0.1) is 12.2 Å². The third-order valence-electron chi connectivity index (χ3n) is 2.58. The van der Waals surface area contributed by atoms with Crippen LogP contribution in [0.1, 0.15) is 42.8 Å². The van der Waals surface area contributed by atoms with E-state index in [9.17, 15) is 4.79 Å². The summed E-state index contributed by atoms with van der Waals surface area (Å²) in [7, 11) is 0. The van der Waals surface area contributed by atoms with Crippen LogP contribution in [0.5, 0.6) is 0 Å². The summed E-state index contributed by atoms with van der Waals surface area (Å²) in [5.41, 5.74) is 6.35. The summed E-state index contributed by atoms with van der Waals surface area (Å²) in [6.07, 6.45) is 0. The van der Waals surface area contributed by atoms with Crippen LogP contribution in [0.3, 0.4) is 0 Å². The Morgan fingerprint density at radius 2 is 2.21 bits per heavy atom. The number of nitrogens with zero attached hydrogens (tertiary/aromatic N) is 1. The van der Waals surface area contributed by atoms with Crippen molar-refractivity contribution in [1.82, 2.24) is 4.98 Å². The fraction of sp³-hybridized carbons (Fsp3) is 0.385. The number of rotatable bonds is 3. The number of aromatic nitrogens is 1. The van der Waals surface area contributed by atoms with Crippen LogP contribution in [0.15, 0.2) is 21.9 Å². The van der Waals surface area contributed by atoms with E-state index in [1.165, 1.54) is 11.3 Å². The molecule has 0 fully saturated rings. The number of nitrogens with one attached hydrogen (secondary N) is 1. The van der Waals surface area contributed by atoms with Crippen LogP contribution in [0.2, 0.25) is 0 Å². The topological polar surface area (TPSA) is 81.2 Å². The molecule has 2 aromatic rings. The van der Waals surface area contributed by atoms with Crippen LogP contribution in [-0.2, 0) is 12.0 Å². The lowest BCUT2D eigenvalue weighted by Gasteiger charge is -2.14. The SMILES string of the molecule is CC(C)(C)c1csc(NC(=O)c2ccc(CN)o2)n1. The number of anilines is 1. The Labute approximate surface area is 115 Å². The molecule has 0 saturated heterocycles. The second kappa shape index (κ2) is 5.14. The molecule has 0 unspecified atom stereocenters. The molecule has 0 radical (unpaired) electrons. The molecule has 0 saturated carbocycles. The van der Waals surface area contributed by atoms with E-state index in [2.05, 4.69) is 31.1 Å². The lowest BCUT2D eigenvalue weighted by Crippen LogP contribution is -2.13. The average Bonchev–Trinajstić information content (AvgIpc) is 2.95. The minimum atomic E-state index is -0.311. The minimum absolute atomic E-state index is 0.0309. The molecule has 6 heteroatoms. The minimum Gasteiger partial charge on any atom is -0.455 e. The van der Waals surface area contributed by atoms with Crippen molar-refractivity contribution >= 4 is 22.4 Å². The van der Waals surface area contributed by atoms with Crippen molar-refractivity contribution in [2.45, 2.75) is 32.7 Å². The normalized spacial score (nSPS) is 11.6. The summed E-state index contributed by atoms with van der Waals surface area (Å²) >= 11 is 1.40. The molecule has 2 rings (SSSR count). The quantitative estimate of drug-likeness (QED) is 0.905. The van der Waals surface area contributed by atoms with Gasteiger partial charge in [0.15, 0.2) is 10.9 Å². The number of hydrogen-bond donors (Lipinski definition) is 2. The van der Waals surface area contributed by atoms with Gasteiger partial charge in [-0.2, -0.15) is 0 Å². The van der Waals surface area contributed by atoms with Crippen LogP contribution >= 0.6 is 11.3 Å². The van der Waals surface area contributed by atoms with E-state index < -0.39 is 0 Å². The molecular weight excluding hydrogens is 262 g/mol. The van der Waals surface area contributed by atoms with Crippen molar-refractivity contribution in [1.29, 1.82) is 0 Å². The summed E-state index contributed by atoms with van der Waals surface area (Å²) in [4.78, 5) is 16.3. The van der Waals surface area contributed by atoms with E-state index >= 15 is 0 Å². The second-order valence-electron chi connectivity index (χ2n) is 5.21. The monoisotopic (exact) mass is 279 g/mol. The highest BCUT2D eigenvalue weighted by Crippen LogP contribution is 2.26. The Morgan fingerprint density at radius 1 is 1.47 bits per heavy atom. The number of carbonyl (C=O) groups is 1. The molecule has 0 spiro atoms. The van der Waals surface area contributed by atoms with Gasteiger partial charge in [-0.05, 0) is 12.1 Å². The first-order valence-corrected chi connectivity index (χ1v) is 6.84. The van der Waals surface area contributed by atoms with Gasteiger partial charge in [-0.1, -0.05) is 20.8 Å². The molecular formula is C13H17N3O2S. The number of hydrogen-bond acceptors (Lipinski definition) is 5. The molecule has 102 valence electrons. The first-order valence-electron chi connectivity index (χ1n) is 5.96. The van der Waals surface area contributed by atoms with Crippen molar-refractivity contribution in [3.63, 3.8) is 0 Å². The predicted octanol–water partition coefficient (Wildman–Crippen LogP) is 2.74. The zero-order valence-corrected chi connectivity index (χ0v) is 12.0. The van der Waals surface area contributed by atoms with Crippen molar-refractivity contribution in [2.24, 2.45) is 5.73 Å². The average molecular weight is 279 g/mol. The van der Waals surface area contributed by atoms with E-state index in [1.807, 2.05) is 5.38 Å². The molecule has 0 atom stereocenters. The molecule has 0 aliphatic heterocycles. The standard InChI is InChI=1S/C13H17N3O2S/c1-13(2,3)10-7-19-12(15-10)16-11(17)9-5-4-8(6-14)18-9/h4-5,7H,6,14H2,1-3H3,(H,15,16,17). The van der Waals surface area contributed by atoms with E-state index in [4.69, 9.17) is 10.2 Å². The van der Waals surface area contributed by atoms with Crippen LogP contribution in [0.4, 0.5) is 5.13 Å². The van der Waals surface area contributed by atoms with Gasteiger partial charge in [0.2, 0.25) is 0 Å². The number of nitrogens with two attached hydrogens (primary N) is 1. The van der Waals surface area contributed by atoms with E-state index in [0.717, 1.165) is 5.69 Å². The summed E-state index contributed by atoms with van der Waals surface area (Å²) in [6, 6.07) is 3.30. The van der Waals surface area contributed by atoms with Crippen LogP contribution in [0.25, 0.3) is 0 Å². The molecule has 0 aliphatic carbocycles. The molecule has 0 bridgehead atoms. The zero-order chi connectivity index (χ0) is 14.0. The van der Waals surface area contributed by atoms with E-state index in [0.29, 0.717) is 10.9 Å². The maximum absolute atomic E-state index is 11.9. The smallest absolute Gasteiger partial charge is 0.293 e. The number of amides is 1. The Kier molecular flexibility index (Phi) is 3.73. The number of thiazole rings is 1. The van der Waals surface area contributed by atoms with Crippen molar-refractivity contribution in [3.05, 3.63) is 34.7 Å². The largest absolute Gasteiger partial charge is 0.455 e. The highest BCUT2D eigenvalue weighted by Gasteiger charge is 2.19. The summed E-state index contributed by atoms with van der Waals surface area (Å²) in [6.45, 7) is 6.51. The molecule has 1 amide bonds. The molecule has 3 N–H and O–H groups in total. The van der Waals surface area contributed by atoms with Gasteiger partial charge in [0.25, 0.3) is 5.91 Å². The highest BCUT2D eigenvalue weighted by atomic mass is 32.1. The van der Waals surface area contributed by atoms with Gasteiger partial charge in [0.1, 0.15) is 5.76 Å². The predicted molar refractivity (Wildman–Crippen MR) is 75.4 cm³/mol. The number of carbonyl (C=O) groups excluding carboxylic acids is 1. The van der Waals surface area contributed by atoms with Gasteiger partial charge in [-0.15, -0.1) is 11.3 Å². The first kappa shape index (κ1) is 13.8. The fourth-order valence-electron chi connectivity index (χ4n) is 1.44. The Balaban J connectivity index is 2.09. The van der Waals surface area contributed by atoms with Crippen LogP contribution in [0, 0.1) is 0 Å². The highest BCUT2D eigenvalue weighted by molar-refractivity contribution is 7.14. The Bertz CT molecular complexity index is 581. The van der Waals surface area contributed by atoms with Gasteiger partial charge in [-0.3, -0.25) is 10.1 Å². The van der Waals surface area contributed by atoms with Crippen molar-refractivity contribution in [3.8, 4) is 0 Å². The second-order valence-corrected chi connectivity index (χ2v) is 6.07. The molecule has 19 heavy (non-hydrogen) atoms. The third kappa shape index (κ3) is 3.21. The maximum atomic E-state index is 11.9. The van der Waals surface area contributed by atoms with Crippen LogP contribution in [-0.4, -0.2) is 10.9 Å². The van der Waals surface area contributed by atoms with Gasteiger partial charge in [-0.25, -0.2) is 4.98 Å². The fourth-order valence-corrected chi connectivity index (χ4v) is 2.38. The first-order chi connectivity index (χ1) is 8.90. The van der Waals surface area contributed by atoms with E-state index in [-0.39, 0.29) is 23.6 Å². The molecule has 0 aliphatic rings. The number of furan rings is 1. The maximum Gasteiger partial charge on any atom is 0.293 e. The Hall–Kier alpha value is -1.66. The molecule has 2 heterocycles. The van der Waals surface area contributed by atoms with Gasteiger partial charge >= 0.3 is 0 Å². The Morgan fingerprint density at radius 3 is 2.74 bits per heavy atom. The third-order valence-corrected chi connectivity index (χ3v) is 3.34. The van der Waals surface area contributed by atoms with Gasteiger partial charge in [0, 0.05) is 10.8 Å². The lowest BCUT2D eigenvalue weighted by molar-refractivity contribution is 0.0995. The summed E-state index contributed by atoms with van der Waals surface area (Å²) in [5, 5.41) is 5.24. The zero-order valence-electron chi connectivity index (χ0n) is 11.2. The summed E-state index contributed by atoms with van der Waals surface area (Å²) in [5.74, 6) is 0.516. The van der Waals surface area contributed by atoms with Crippen LogP contribution < -0.4 is 11.1 Å². The molecule has 2 aromatic heterocycles. The molecule has 5 nitrogen and oxygen atoms in total. The van der Waals surface area contributed by atoms with Crippen molar-refractivity contribution < 1.29 is 9.21 Å². The van der Waals surface area contributed by atoms with E-state index in [1.54, 1.807) is 12.1 Å². The summed E-state index contributed by atoms with van der Waals surface area (Å²) < 4.78 is 5.28. The van der Waals surface area contributed by atoms with Crippen molar-refractivity contribution in [2.75, 3.05) is 5.32 Å². The van der Waals surface area contributed by atoms with Gasteiger partial charge < -0.3 is 10.2 Å². The lowest BCUT2D eigenvalue weighted by atomic mass is 9.93. The molecule has 0 aromatic carbocycles.